The zero-order chi connectivity index (χ0) is 18.7. The van der Waals surface area contributed by atoms with Crippen molar-refractivity contribution in [3.63, 3.8) is 0 Å². The molecule has 0 saturated carbocycles. The highest BCUT2D eigenvalue weighted by molar-refractivity contribution is 5.99. The molecule has 1 saturated heterocycles. The second-order valence-electron chi connectivity index (χ2n) is 6.40. The summed E-state index contributed by atoms with van der Waals surface area (Å²) in [5.74, 6) is -0.634. The molecule has 3 N–H and O–H groups in total. The van der Waals surface area contributed by atoms with Crippen molar-refractivity contribution in [3.8, 4) is 6.07 Å². The molecule has 3 rings (SSSR count). The van der Waals surface area contributed by atoms with Gasteiger partial charge in [-0.2, -0.15) is 5.26 Å². The van der Waals surface area contributed by atoms with Gasteiger partial charge in [0.25, 0.3) is 0 Å². The van der Waals surface area contributed by atoms with Gasteiger partial charge in [-0.3, -0.25) is 14.9 Å². The Morgan fingerprint density at radius 2 is 1.88 bits per heavy atom. The summed E-state index contributed by atoms with van der Waals surface area (Å²) < 4.78 is 0. The molecule has 26 heavy (non-hydrogen) atoms. The number of anilines is 1. The zero-order valence-corrected chi connectivity index (χ0v) is 14.5. The maximum atomic E-state index is 12.7. The van der Waals surface area contributed by atoms with E-state index in [2.05, 4.69) is 5.32 Å². The molecule has 0 spiro atoms. The Balaban J connectivity index is 1.75. The average molecular weight is 348 g/mol. The fourth-order valence-electron chi connectivity index (χ4n) is 3.11. The Kier molecular flexibility index (Phi) is 5.01. The van der Waals surface area contributed by atoms with Crippen LogP contribution in [0, 0.1) is 18.3 Å². The van der Waals surface area contributed by atoms with Gasteiger partial charge in [0.2, 0.25) is 11.8 Å². The number of nitrogens with two attached hydrogens (primary N) is 1. The Morgan fingerprint density at radius 3 is 2.46 bits per heavy atom. The Bertz CT molecular complexity index is 853. The van der Waals surface area contributed by atoms with E-state index in [0.717, 1.165) is 11.3 Å². The highest BCUT2D eigenvalue weighted by Gasteiger charge is 2.35. The van der Waals surface area contributed by atoms with Gasteiger partial charge < -0.3 is 10.6 Å². The van der Waals surface area contributed by atoms with Crippen LogP contribution < -0.4 is 16.0 Å². The molecule has 0 unspecified atom stereocenters. The van der Waals surface area contributed by atoms with E-state index >= 15 is 0 Å². The predicted molar refractivity (Wildman–Crippen MR) is 98.2 cm³/mol. The number of hydrogen-bond acceptors (Lipinski definition) is 4. The van der Waals surface area contributed by atoms with E-state index in [1.807, 2.05) is 37.3 Å². The maximum absolute atomic E-state index is 12.7. The first-order valence-corrected chi connectivity index (χ1v) is 8.43. The molecule has 0 aliphatic carbocycles. The highest BCUT2D eigenvalue weighted by atomic mass is 16.2. The number of rotatable bonds is 5. The first kappa shape index (κ1) is 17.6. The molecule has 132 valence electrons. The van der Waals surface area contributed by atoms with E-state index in [1.165, 1.54) is 0 Å². The summed E-state index contributed by atoms with van der Waals surface area (Å²) in [6, 6.07) is 15.1. The van der Waals surface area contributed by atoms with Crippen LogP contribution in [-0.4, -0.2) is 24.4 Å². The fraction of sp³-hybridized carbons (Fsp3) is 0.250. The largest absolute Gasteiger partial charge is 0.368 e. The van der Waals surface area contributed by atoms with Crippen molar-refractivity contribution in [2.45, 2.75) is 25.4 Å². The third-order valence-electron chi connectivity index (χ3n) is 4.58. The second kappa shape index (κ2) is 7.38. The molecule has 6 heteroatoms. The second-order valence-corrected chi connectivity index (χ2v) is 6.40. The number of hydrogen-bond donors (Lipinski definition) is 2. The zero-order valence-electron chi connectivity index (χ0n) is 14.5. The summed E-state index contributed by atoms with van der Waals surface area (Å²) in [5, 5.41) is 12.0. The Labute approximate surface area is 152 Å². The van der Waals surface area contributed by atoms with Gasteiger partial charge in [0.15, 0.2) is 0 Å². The van der Waals surface area contributed by atoms with Crippen LogP contribution in [0.1, 0.15) is 29.2 Å². The van der Waals surface area contributed by atoms with E-state index in [-0.39, 0.29) is 5.91 Å². The van der Waals surface area contributed by atoms with Crippen molar-refractivity contribution in [1.82, 2.24) is 5.32 Å². The van der Waals surface area contributed by atoms with Gasteiger partial charge in [0.1, 0.15) is 6.04 Å². The molecule has 2 aromatic carbocycles. The van der Waals surface area contributed by atoms with Crippen molar-refractivity contribution in [2.75, 3.05) is 11.4 Å². The summed E-state index contributed by atoms with van der Waals surface area (Å²) in [6.07, 6.45) is 0.590. The molecular weight excluding hydrogens is 328 g/mol. The van der Waals surface area contributed by atoms with Crippen molar-refractivity contribution < 1.29 is 9.59 Å². The van der Waals surface area contributed by atoms with Crippen LogP contribution in [0.4, 0.5) is 5.69 Å². The van der Waals surface area contributed by atoms with Gasteiger partial charge in [0.05, 0.1) is 17.7 Å². The normalized spacial score (nSPS) is 17.8. The van der Waals surface area contributed by atoms with Crippen LogP contribution in [0.25, 0.3) is 0 Å². The van der Waals surface area contributed by atoms with Gasteiger partial charge in [-0.05, 0) is 43.2 Å². The van der Waals surface area contributed by atoms with Crippen molar-refractivity contribution in [2.24, 2.45) is 5.73 Å². The van der Waals surface area contributed by atoms with E-state index < -0.39 is 18.0 Å². The molecule has 2 aromatic rings. The van der Waals surface area contributed by atoms with Gasteiger partial charge >= 0.3 is 0 Å². The number of primary amides is 1. The lowest BCUT2D eigenvalue weighted by Crippen LogP contribution is -2.44. The topological polar surface area (TPSA) is 99.2 Å². The maximum Gasteiger partial charge on any atom is 0.244 e. The molecule has 1 aliphatic heterocycles. The molecule has 1 fully saturated rings. The number of carbonyl (C=O) groups is 2. The molecule has 2 amide bonds. The lowest BCUT2D eigenvalue weighted by atomic mass is 10.0. The fourth-order valence-corrected chi connectivity index (χ4v) is 3.11. The van der Waals surface area contributed by atoms with Crippen LogP contribution >= 0.6 is 0 Å². The highest BCUT2D eigenvalue weighted by Crippen LogP contribution is 2.24. The average Bonchev–Trinajstić information content (AvgIpc) is 3.01. The number of amides is 2. The van der Waals surface area contributed by atoms with Crippen LogP contribution in [-0.2, 0) is 9.59 Å². The van der Waals surface area contributed by atoms with E-state index in [9.17, 15) is 9.59 Å². The van der Waals surface area contributed by atoms with Crippen LogP contribution in [0.3, 0.4) is 0 Å². The van der Waals surface area contributed by atoms with Gasteiger partial charge in [-0.1, -0.05) is 29.8 Å². The predicted octanol–water partition coefficient (Wildman–Crippen LogP) is 1.79. The lowest BCUT2D eigenvalue weighted by Gasteiger charge is -2.21. The molecule has 0 aromatic heterocycles. The summed E-state index contributed by atoms with van der Waals surface area (Å²) in [6.45, 7) is 2.58. The third kappa shape index (κ3) is 3.58. The number of nitrogens with one attached hydrogen (secondary N) is 1. The van der Waals surface area contributed by atoms with Crippen molar-refractivity contribution in [3.05, 3.63) is 65.2 Å². The number of benzene rings is 2. The minimum atomic E-state index is -0.783. The minimum absolute atomic E-state index is 0.0752. The van der Waals surface area contributed by atoms with Crippen LogP contribution in [0.2, 0.25) is 0 Å². The monoisotopic (exact) mass is 348 g/mol. The van der Waals surface area contributed by atoms with E-state index in [0.29, 0.717) is 24.1 Å². The SMILES string of the molecule is Cc1ccc(N2CC[C@H](N[C@@H](C(N)=O)c3ccc(C#N)cc3)C2=O)cc1. The first-order valence-electron chi connectivity index (χ1n) is 8.43. The van der Waals surface area contributed by atoms with Gasteiger partial charge in [-0.15, -0.1) is 0 Å². The Morgan fingerprint density at radius 1 is 1.23 bits per heavy atom. The summed E-state index contributed by atoms with van der Waals surface area (Å²) >= 11 is 0. The molecule has 0 bridgehead atoms. The van der Waals surface area contributed by atoms with Gasteiger partial charge in [0, 0.05) is 12.2 Å². The molecular formula is C20H20N4O2. The molecule has 6 nitrogen and oxygen atoms in total. The Hall–Kier alpha value is -3.17. The molecule has 1 heterocycles. The van der Waals surface area contributed by atoms with Crippen molar-refractivity contribution in [1.29, 1.82) is 5.26 Å². The van der Waals surface area contributed by atoms with Gasteiger partial charge in [-0.25, -0.2) is 0 Å². The molecule has 1 aliphatic rings. The standard InChI is InChI=1S/C20H20N4O2/c1-13-2-8-16(9-3-13)24-11-10-17(20(24)26)23-18(19(22)25)15-6-4-14(12-21)5-7-15/h2-9,17-18,23H,10-11H2,1H3,(H2,22,25)/t17-,18+/m0/s1. The summed E-state index contributed by atoms with van der Waals surface area (Å²) in [4.78, 5) is 26.4. The minimum Gasteiger partial charge on any atom is -0.368 e. The van der Waals surface area contributed by atoms with E-state index in [1.54, 1.807) is 29.2 Å². The van der Waals surface area contributed by atoms with E-state index in [4.69, 9.17) is 11.0 Å². The lowest BCUT2D eigenvalue weighted by molar-refractivity contribution is -0.121. The summed E-state index contributed by atoms with van der Waals surface area (Å²) in [7, 11) is 0. The molecule has 0 radical (unpaired) electrons. The summed E-state index contributed by atoms with van der Waals surface area (Å²) in [5.41, 5.74) is 8.65. The third-order valence-corrected chi connectivity index (χ3v) is 4.58. The number of aryl methyl sites for hydroxylation is 1. The smallest absolute Gasteiger partial charge is 0.244 e. The van der Waals surface area contributed by atoms with Crippen LogP contribution in [0.15, 0.2) is 48.5 Å². The number of carbonyl (C=O) groups excluding carboxylic acids is 2. The number of nitrogens with zero attached hydrogens (tertiary/aromatic N) is 2. The number of nitriles is 1. The quantitative estimate of drug-likeness (QED) is 0.860. The molecule has 2 atom stereocenters. The first-order chi connectivity index (χ1) is 12.5. The van der Waals surface area contributed by atoms with Crippen LogP contribution in [0.5, 0.6) is 0 Å². The van der Waals surface area contributed by atoms with Crippen molar-refractivity contribution >= 4 is 17.5 Å².